The van der Waals surface area contributed by atoms with Crippen LogP contribution in [0.2, 0.25) is 0 Å². The molecule has 0 atom stereocenters. The molecule has 9 heteroatoms. The van der Waals surface area contributed by atoms with Gasteiger partial charge in [0.2, 0.25) is 0 Å². The number of alkyl halides is 2. The first kappa shape index (κ1) is 22.5. The first-order valence-corrected chi connectivity index (χ1v) is 10.1. The Kier molecular flexibility index (Phi) is 6.79. The summed E-state index contributed by atoms with van der Waals surface area (Å²) in [5.74, 6) is 0.533. The molecule has 0 saturated heterocycles. The second-order valence-corrected chi connectivity index (χ2v) is 7.08. The summed E-state index contributed by atoms with van der Waals surface area (Å²) in [4.78, 5) is 19.7. The van der Waals surface area contributed by atoms with Crippen molar-refractivity contribution in [3.05, 3.63) is 84.2 Å². The molecule has 170 valence electrons. The molecule has 1 aromatic heterocycles. The topological polar surface area (TPSA) is 100 Å². The van der Waals surface area contributed by atoms with Crippen LogP contribution in [-0.4, -0.2) is 29.1 Å². The van der Waals surface area contributed by atoms with Crippen LogP contribution in [0.5, 0.6) is 11.5 Å². The number of aromatic nitrogens is 2. The molecule has 0 fully saturated rings. The number of carbonyl (C=O) groups excluding carboxylic acids is 1. The number of benzene rings is 3. The Bertz CT molecular complexity index is 1320. The van der Waals surface area contributed by atoms with Crippen LogP contribution in [0.4, 0.5) is 14.5 Å². The minimum atomic E-state index is -2.91. The van der Waals surface area contributed by atoms with Crippen molar-refractivity contribution in [2.24, 2.45) is 0 Å². The molecule has 4 rings (SSSR count). The van der Waals surface area contributed by atoms with Crippen molar-refractivity contribution in [3.8, 4) is 17.6 Å². The summed E-state index contributed by atoms with van der Waals surface area (Å²) in [5, 5.41) is 12.2. The summed E-state index contributed by atoms with van der Waals surface area (Å²) in [7, 11) is 0. The standard InChI is InChI=1S/C25H18F2N4O3/c26-25(27)34-20-11-7-18(8-12-20)29-23(32)15-33-19-9-5-16(6-10-19)13-17(14-28)24-30-21-3-1-2-4-22(21)31-24/h1-13,25H,15H2,(H,29,32)(H,30,31). The zero-order valence-electron chi connectivity index (χ0n) is 17.7. The molecule has 0 saturated carbocycles. The van der Waals surface area contributed by atoms with Crippen molar-refractivity contribution in [1.29, 1.82) is 5.26 Å². The average molecular weight is 460 g/mol. The van der Waals surface area contributed by atoms with Crippen LogP contribution in [0.15, 0.2) is 72.8 Å². The third kappa shape index (κ3) is 5.75. The number of halogens is 2. The number of aromatic amines is 1. The van der Waals surface area contributed by atoms with Crippen molar-refractivity contribution in [3.63, 3.8) is 0 Å². The third-order valence-corrected chi connectivity index (χ3v) is 4.69. The Balaban J connectivity index is 1.34. The highest BCUT2D eigenvalue weighted by Gasteiger charge is 2.09. The molecule has 0 unspecified atom stereocenters. The molecule has 0 spiro atoms. The molecule has 7 nitrogen and oxygen atoms in total. The first-order chi connectivity index (χ1) is 16.5. The number of hydrogen-bond acceptors (Lipinski definition) is 5. The fraction of sp³-hybridized carbons (Fsp3) is 0.0800. The van der Waals surface area contributed by atoms with Crippen LogP contribution in [-0.2, 0) is 4.79 Å². The lowest BCUT2D eigenvalue weighted by atomic mass is 10.1. The summed E-state index contributed by atoms with van der Waals surface area (Å²) in [6.07, 6.45) is 1.70. The van der Waals surface area contributed by atoms with E-state index in [1.54, 1.807) is 30.3 Å². The lowest BCUT2D eigenvalue weighted by Gasteiger charge is -2.09. The van der Waals surface area contributed by atoms with E-state index >= 15 is 0 Å². The van der Waals surface area contributed by atoms with Gasteiger partial charge in [0.05, 0.1) is 16.6 Å². The number of para-hydroxylation sites is 2. The maximum atomic E-state index is 12.2. The minimum absolute atomic E-state index is 0.00161. The zero-order chi connectivity index (χ0) is 23.9. The number of hydrogen-bond donors (Lipinski definition) is 2. The largest absolute Gasteiger partial charge is 0.484 e. The number of nitriles is 1. The monoisotopic (exact) mass is 460 g/mol. The highest BCUT2D eigenvalue weighted by Crippen LogP contribution is 2.21. The van der Waals surface area contributed by atoms with E-state index < -0.39 is 12.5 Å². The molecule has 2 N–H and O–H groups in total. The number of allylic oxidation sites excluding steroid dienone is 1. The van der Waals surface area contributed by atoms with E-state index in [4.69, 9.17) is 4.74 Å². The molecule has 0 aliphatic rings. The number of anilines is 1. The first-order valence-electron chi connectivity index (χ1n) is 10.1. The van der Waals surface area contributed by atoms with Gasteiger partial charge in [-0.1, -0.05) is 24.3 Å². The molecular weight excluding hydrogens is 442 g/mol. The molecular formula is C25H18F2N4O3. The van der Waals surface area contributed by atoms with Gasteiger partial charge in [0.25, 0.3) is 5.91 Å². The molecule has 0 bridgehead atoms. The number of ether oxygens (including phenoxy) is 2. The van der Waals surface area contributed by atoms with Gasteiger partial charge in [0.15, 0.2) is 6.61 Å². The van der Waals surface area contributed by atoms with Gasteiger partial charge in [0, 0.05) is 5.69 Å². The van der Waals surface area contributed by atoms with Crippen LogP contribution in [0.3, 0.4) is 0 Å². The highest BCUT2D eigenvalue weighted by atomic mass is 19.3. The number of imidazole rings is 1. The zero-order valence-corrected chi connectivity index (χ0v) is 17.7. The summed E-state index contributed by atoms with van der Waals surface area (Å²) in [5.41, 5.74) is 3.19. The van der Waals surface area contributed by atoms with Crippen LogP contribution >= 0.6 is 0 Å². The van der Waals surface area contributed by atoms with Crippen LogP contribution in [0.1, 0.15) is 11.4 Å². The predicted octanol–water partition coefficient (Wildman–Crippen LogP) is 5.25. The number of amides is 1. The molecule has 1 amide bonds. The third-order valence-electron chi connectivity index (χ3n) is 4.69. The lowest BCUT2D eigenvalue weighted by molar-refractivity contribution is -0.118. The number of nitrogens with one attached hydrogen (secondary N) is 2. The fourth-order valence-electron chi connectivity index (χ4n) is 3.13. The molecule has 4 aromatic rings. The molecule has 0 aliphatic heterocycles. The predicted molar refractivity (Wildman–Crippen MR) is 123 cm³/mol. The van der Waals surface area contributed by atoms with E-state index in [0.717, 1.165) is 16.6 Å². The maximum absolute atomic E-state index is 12.2. The summed E-state index contributed by atoms with van der Waals surface area (Å²) < 4.78 is 34.1. The highest BCUT2D eigenvalue weighted by molar-refractivity contribution is 5.92. The second-order valence-electron chi connectivity index (χ2n) is 7.08. The van der Waals surface area contributed by atoms with E-state index in [1.807, 2.05) is 24.3 Å². The summed E-state index contributed by atoms with van der Waals surface area (Å²) >= 11 is 0. The average Bonchev–Trinajstić information content (AvgIpc) is 3.27. The molecule has 34 heavy (non-hydrogen) atoms. The van der Waals surface area contributed by atoms with Crippen LogP contribution < -0.4 is 14.8 Å². The Morgan fingerprint density at radius 1 is 1.06 bits per heavy atom. The number of rotatable bonds is 8. The van der Waals surface area contributed by atoms with Gasteiger partial charge in [0.1, 0.15) is 23.4 Å². The van der Waals surface area contributed by atoms with E-state index in [0.29, 0.717) is 22.8 Å². The SMILES string of the molecule is N#CC(=Cc1ccc(OCC(=O)Nc2ccc(OC(F)F)cc2)cc1)c1nc2ccccc2[nH]1. The van der Waals surface area contributed by atoms with Gasteiger partial charge < -0.3 is 19.8 Å². The Labute approximate surface area is 193 Å². The fourth-order valence-corrected chi connectivity index (χ4v) is 3.13. The van der Waals surface area contributed by atoms with Crippen molar-refractivity contribution in [2.75, 3.05) is 11.9 Å². The van der Waals surface area contributed by atoms with Gasteiger partial charge in [-0.25, -0.2) is 4.98 Å². The Morgan fingerprint density at radius 2 is 1.76 bits per heavy atom. The molecule has 0 radical (unpaired) electrons. The number of fused-ring (bicyclic) bond motifs is 1. The Morgan fingerprint density at radius 3 is 2.44 bits per heavy atom. The van der Waals surface area contributed by atoms with Crippen molar-refractivity contribution in [2.45, 2.75) is 6.61 Å². The van der Waals surface area contributed by atoms with E-state index in [2.05, 4.69) is 26.1 Å². The molecule has 3 aromatic carbocycles. The number of carbonyl (C=O) groups is 1. The van der Waals surface area contributed by atoms with Gasteiger partial charge >= 0.3 is 6.61 Å². The number of nitrogens with zero attached hydrogens (tertiary/aromatic N) is 2. The van der Waals surface area contributed by atoms with E-state index in [1.165, 1.54) is 24.3 Å². The van der Waals surface area contributed by atoms with Gasteiger partial charge in [-0.3, -0.25) is 4.79 Å². The Hall–Kier alpha value is -4.71. The van der Waals surface area contributed by atoms with Crippen LogP contribution in [0.25, 0.3) is 22.7 Å². The minimum Gasteiger partial charge on any atom is -0.484 e. The van der Waals surface area contributed by atoms with Crippen molar-refractivity contribution >= 4 is 34.3 Å². The smallest absolute Gasteiger partial charge is 0.387 e. The molecule has 0 aliphatic carbocycles. The van der Waals surface area contributed by atoms with Gasteiger partial charge in [-0.15, -0.1) is 0 Å². The van der Waals surface area contributed by atoms with Gasteiger partial charge in [-0.05, 0) is 60.2 Å². The second kappa shape index (κ2) is 10.3. The quantitative estimate of drug-likeness (QED) is 0.350. The summed E-state index contributed by atoms with van der Waals surface area (Å²) in [6, 6.07) is 22.1. The maximum Gasteiger partial charge on any atom is 0.387 e. The number of H-pyrrole nitrogens is 1. The summed E-state index contributed by atoms with van der Waals surface area (Å²) in [6.45, 7) is -3.15. The van der Waals surface area contributed by atoms with Crippen molar-refractivity contribution in [1.82, 2.24) is 9.97 Å². The molecule has 1 heterocycles. The van der Waals surface area contributed by atoms with Gasteiger partial charge in [-0.2, -0.15) is 14.0 Å². The van der Waals surface area contributed by atoms with Crippen molar-refractivity contribution < 1.29 is 23.0 Å². The van der Waals surface area contributed by atoms with E-state index in [9.17, 15) is 18.8 Å². The normalized spacial score (nSPS) is 11.3. The lowest BCUT2D eigenvalue weighted by Crippen LogP contribution is -2.20. The van der Waals surface area contributed by atoms with Crippen LogP contribution in [0, 0.1) is 11.3 Å². The van der Waals surface area contributed by atoms with E-state index in [-0.39, 0.29) is 12.4 Å².